The fourth-order valence-corrected chi connectivity index (χ4v) is 1.26. The molecule has 0 aromatic carbocycles. The molecule has 0 aromatic rings. The molecule has 0 saturated carbocycles. The fraction of sp³-hybridized carbons (Fsp3) is 0.900. The first-order chi connectivity index (χ1) is 6.45. The van der Waals surface area contributed by atoms with E-state index in [0.717, 1.165) is 0 Å². The molecule has 0 fully saturated rings. The molecular formula is C10H22N2O2. The minimum Gasteiger partial charge on any atom is -0.394 e. The van der Waals surface area contributed by atoms with Crippen LogP contribution in [0.25, 0.3) is 0 Å². The number of carbonyl (C=O) groups is 1. The largest absolute Gasteiger partial charge is 0.394 e. The average molecular weight is 202 g/mol. The van der Waals surface area contributed by atoms with Crippen molar-refractivity contribution in [1.29, 1.82) is 0 Å². The molecule has 0 aliphatic heterocycles. The zero-order valence-electron chi connectivity index (χ0n) is 9.53. The molecule has 4 heteroatoms. The van der Waals surface area contributed by atoms with Gasteiger partial charge in [0.2, 0.25) is 5.91 Å². The summed E-state index contributed by atoms with van der Waals surface area (Å²) in [7, 11) is 1.70. The van der Waals surface area contributed by atoms with Gasteiger partial charge in [0.1, 0.15) is 0 Å². The lowest BCUT2D eigenvalue weighted by molar-refractivity contribution is -0.137. The normalized spacial score (nSPS) is 15.4. The second-order valence-corrected chi connectivity index (χ2v) is 4.07. The summed E-state index contributed by atoms with van der Waals surface area (Å²) in [5.41, 5.74) is 5.54. The Morgan fingerprint density at radius 3 is 2.21 bits per heavy atom. The Labute approximate surface area is 86.1 Å². The average Bonchev–Trinajstić information content (AvgIpc) is 2.15. The van der Waals surface area contributed by atoms with Gasteiger partial charge in [0.05, 0.1) is 18.6 Å². The van der Waals surface area contributed by atoms with Crippen LogP contribution >= 0.6 is 0 Å². The van der Waals surface area contributed by atoms with E-state index < -0.39 is 0 Å². The molecule has 14 heavy (non-hydrogen) atoms. The SMILES string of the molecule is CC(C)C(CN)C(=O)N(C)C(C)CO. The van der Waals surface area contributed by atoms with Gasteiger partial charge in [0, 0.05) is 13.6 Å². The Kier molecular flexibility index (Phi) is 5.72. The van der Waals surface area contributed by atoms with Crippen LogP contribution in [0.15, 0.2) is 0 Å². The van der Waals surface area contributed by atoms with Crippen LogP contribution in [0.5, 0.6) is 0 Å². The fourth-order valence-electron chi connectivity index (χ4n) is 1.26. The number of aliphatic hydroxyl groups is 1. The third-order valence-electron chi connectivity index (χ3n) is 2.65. The van der Waals surface area contributed by atoms with Gasteiger partial charge in [-0.15, -0.1) is 0 Å². The topological polar surface area (TPSA) is 66.6 Å². The molecule has 0 bridgehead atoms. The van der Waals surface area contributed by atoms with Gasteiger partial charge in [0.15, 0.2) is 0 Å². The van der Waals surface area contributed by atoms with Gasteiger partial charge in [-0.3, -0.25) is 4.79 Å². The highest BCUT2D eigenvalue weighted by Gasteiger charge is 2.25. The predicted octanol–water partition coefficient (Wildman–Crippen LogP) is 0.0565. The van der Waals surface area contributed by atoms with Crippen LogP contribution in [0.4, 0.5) is 0 Å². The first kappa shape index (κ1) is 13.4. The summed E-state index contributed by atoms with van der Waals surface area (Å²) in [6.45, 7) is 6.11. The first-order valence-electron chi connectivity index (χ1n) is 5.03. The van der Waals surface area contributed by atoms with E-state index in [2.05, 4.69) is 0 Å². The molecule has 0 aromatic heterocycles. The monoisotopic (exact) mass is 202 g/mol. The predicted molar refractivity (Wildman–Crippen MR) is 56.7 cm³/mol. The van der Waals surface area contributed by atoms with E-state index in [-0.39, 0.29) is 30.4 Å². The highest BCUT2D eigenvalue weighted by atomic mass is 16.3. The van der Waals surface area contributed by atoms with Gasteiger partial charge in [-0.1, -0.05) is 13.8 Å². The van der Waals surface area contributed by atoms with Crippen molar-refractivity contribution in [2.45, 2.75) is 26.8 Å². The van der Waals surface area contributed by atoms with Gasteiger partial charge in [-0.25, -0.2) is 0 Å². The molecule has 0 aliphatic rings. The lowest BCUT2D eigenvalue weighted by atomic mass is 9.94. The third kappa shape index (κ3) is 3.27. The van der Waals surface area contributed by atoms with Crippen LogP contribution in [-0.4, -0.2) is 42.2 Å². The van der Waals surface area contributed by atoms with E-state index in [1.165, 1.54) is 0 Å². The standard InChI is InChI=1S/C10H22N2O2/c1-7(2)9(5-11)10(14)12(4)8(3)6-13/h7-9,13H,5-6,11H2,1-4H3. The summed E-state index contributed by atoms with van der Waals surface area (Å²) >= 11 is 0. The van der Waals surface area contributed by atoms with Gasteiger partial charge >= 0.3 is 0 Å². The molecule has 2 atom stereocenters. The van der Waals surface area contributed by atoms with Crippen LogP contribution in [0.1, 0.15) is 20.8 Å². The van der Waals surface area contributed by atoms with Gasteiger partial charge in [0.25, 0.3) is 0 Å². The van der Waals surface area contributed by atoms with E-state index in [0.29, 0.717) is 6.54 Å². The zero-order valence-corrected chi connectivity index (χ0v) is 9.53. The lowest BCUT2D eigenvalue weighted by Crippen LogP contribution is -2.44. The summed E-state index contributed by atoms with van der Waals surface area (Å²) in [5.74, 6) is 0.110. The van der Waals surface area contributed by atoms with E-state index >= 15 is 0 Å². The Bertz CT molecular complexity index is 183. The summed E-state index contributed by atoms with van der Waals surface area (Å²) in [4.78, 5) is 13.4. The number of hydrogen-bond donors (Lipinski definition) is 2. The third-order valence-corrected chi connectivity index (χ3v) is 2.65. The van der Waals surface area contributed by atoms with Crippen LogP contribution in [0.3, 0.4) is 0 Å². The van der Waals surface area contributed by atoms with Crippen molar-refractivity contribution < 1.29 is 9.90 Å². The highest BCUT2D eigenvalue weighted by molar-refractivity contribution is 5.79. The molecule has 0 heterocycles. The molecule has 1 amide bonds. The second kappa shape index (κ2) is 5.98. The molecule has 3 N–H and O–H groups in total. The van der Waals surface area contributed by atoms with Crippen molar-refractivity contribution in [1.82, 2.24) is 4.90 Å². The molecular weight excluding hydrogens is 180 g/mol. The van der Waals surface area contributed by atoms with Crippen molar-refractivity contribution >= 4 is 5.91 Å². The van der Waals surface area contributed by atoms with Crippen molar-refractivity contribution in [2.75, 3.05) is 20.2 Å². The number of hydrogen-bond acceptors (Lipinski definition) is 3. The van der Waals surface area contributed by atoms with Crippen molar-refractivity contribution in [2.24, 2.45) is 17.6 Å². The Balaban J connectivity index is 4.42. The number of nitrogens with two attached hydrogens (primary N) is 1. The lowest BCUT2D eigenvalue weighted by Gasteiger charge is -2.29. The molecule has 0 spiro atoms. The first-order valence-corrected chi connectivity index (χ1v) is 5.03. The summed E-state index contributed by atoms with van der Waals surface area (Å²) in [6, 6.07) is -0.143. The Hall–Kier alpha value is -0.610. The molecule has 0 aliphatic carbocycles. The van der Waals surface area contributed by atoms with Crippen molar-refractivity contribution in [3.05, 3.63) is 0 Å². The number of likely N-dealkylation sites (N-methyl/N-ethyl adjacent to an activating group) is 1. The minimum absolute atomic E-state index is 0.0162. The quantitative estimate of drug-likeness (QED) is 0.662. The van der Waals surface area contributed by atoms with E-state index in [9.17, 15) is 4.79 Å². The summed E-state index contributed by atoms with van der Waals surface area (Å²) in [5, 5.41) is 8.92. The highest BCUT2D eigenvalue weighted by Crippen LogP contribution is 2.13. The van der Waals surface area contributed by atoms with E-state index in [1.807, 2.05) is 20.8 Å². The number of rotatable bonds is 5. The maximum absolute atomic E-state index is 11.9. The smallest absolute Gasteiger partial charge is 0.227 e. The maximum atomic E-state index is 11.9. The van der Waals surface area contributed by atoms with E-state index in [1.54, 1.807) is 11.9 Å². The van der Waals surface area contributed by atoms with Crippen LogP contribution in [0, 0.1) is 11.8 Å². The van der Waals surface area contributed by atoms with Crippen LogP contribution in [0.2, 0.25) is 0 Å². The van der Waals surface area contributed by atoms with Gasteiger partial charge in [-0.05, 0) is 12.8 Å². The molecule has 0 saturated heterocycles. The number of carbonyl (C=O) groups excluding carboxylic acids is 1. The minimum atomic E-state index is -0.144. The summed E-state index contributed by atoms with van der Waals surface area (Å²) < 4.78 is 0. The van der Waals surface area contributed by atoms with Gasteiger partial charge < -0.3 is 15.7 Å². The number of nitrogens with zero attached hydrogens (tertiary/aromatic N) is 1. The Morgan fingerprint density at radius 1 is 1.43 bits per heavy atom. The number of amides is 1. The Morgan fingerprint density at radius 2 is 1.93 bits per heavy atom. The van der Waals surface area contributed by atoms with Gasteiger partial charge in [-0.2, -0.15) is 0 Å². The number of aliphatic hydroxyl groups excluding tert-OH is 1. The summed E-state index contributed by atoms with van der Waals surface area (Å²) in [6.07, 6.45) is 0. The zero-order chi connectivity index (χ0) is 11.3. The second-order valence-electron chi connectivity index (χ2n) is 4.07. The maximum Gasteiger partial charge on any atom is 0.227 e. The molecule has 4 nitrogen and oxygen atoms in total. The van der Waals surface area contributed by atoms with E-state index in [4.69, 9.17) is 10.8 Å². The van der Waals surface area contributed by atoms with Crippen LogP contribution < -0.4 is 5.73 Å². The molecule has 2 unspecified atom stereocenters. The van der Waals surface area contributed by atoms with Crippen molar-refractivity contribution in [3.63, 3.8) is 0 Å². The molecule has 84 valence electrons. The molecule has 0 radical (unpaired) electrons. The van der Waals surface area contributed by atoms with Crippen LogP contribution in [-0.2, 0) is 4.79 Å². The molecule has 0 rings (SSSR count). The van der Waals surface area contributed by atoms with Crippen molar-refractivity contribution in [3.8, 4) is 0 Å².